The fourth-order valence-corrected chi connectivity index (χ4v) is 3.42. The Balaban J connectivity index is 1.98. The van der Waals surface area contributed by atoms with E-state index in [1.807, 2.05) is 30.0 Å². The van der Waals surface area contributed by atoms with E-state index in [0.29, 0.717) is 11.9 Å². The molecule has 0 aliphatic heterocycles. The molecule has 2 atom stereocenters. The maximum absolute atomic E-state index is 5.67. The number of nitrogens with zero attached hydrogens (tertiary/aromatic N) is 1. The summed E-state index contributed by atoms with van der Waals surface area (Å²) < 4.78 is 0. The largest absolute Gasteiger partial charge is 0.384 e. The number of pyridine rings is 1. The van der Waals surface area contributed by atoms with Crippen LogP contribution in [0.1, 0.15) is 26.2 Å². The number of rotatable bonds is 4. The molecule has 2 rings (SSSR count). The summed E-state index contributed by atoms with van der Waals surface area (Å²) in [4.78, 5) is 4.29. The molecule has 3 N–H and O–H groups in total. The molecule has 4 heteroatoms. The van der Waals surface area contributed by atoms with E-state index in [2.05, 4.69) is 17.2 Å². The number of nitrogens with one attached hydrogen (secondary N) is 1. The summed E-state index contributed by atoms with van der Waals surface area (Å²) in [6.45, 7) is 2.22. The lowest BCUT2D eigenvalue weighted by molar-refractivity contribution is 0.763. The molecule has 3 nitrogen and oxygen atoms in total. The summed E-state index contributed by atoms with van der Waals surface area (Å²) in [5.41, 5.74) is 5.67. The molecule has 2 unspecified atom stereocenters. The van der Waals surface area contributed by atoms with Gasteiger partial charge in [-0.1, -0.05) is 19.4 Å². The zero-order chi connectivity index (χ0) is 11.4. The van der Waals surface area contributed by atoms with Crippen LogP contribution in [0.2, 0.25) is 0 Å². The maximum Gasteiger partial charge on any atom is 0.128 e. The Kier molecular flexibility index (Phi) is 3.93. The predicted octanol–water partition coefficient (Wildman–Crippen LogP) is 2.75. The average molecular weight is 237 g/mol. The zero-order valence-corrected chi connectivity index (χ0v) is 10.5. The summed E-state index contributed by atoms with van der Waals surface area (Å²) in [6.07, 6.45) is 3.88. The van der Waals surface area contributed by atoms with E-state index in [-0.39, 0.29) is 0 Å². The summed E-state index contributed by atoms with van der Waals surface area (Å²) >= 11 is 2.05. The van der Waals surface area contributed by atoms with Gasteiger partial charge in [-0.2, -0.15) is 11.8 Å². The van der Waals surface area contributed by atoms with Crippen molar-refractivity contribution >= 4 is 23.4 Å². The Hall–Kier alpha value is -0.900. The van der Waals surface area contributed by atoms with E-state index in [9.17, 15) is 0 Å². The first-order valence-corrected chi connectivity index (χ1v) is 6.95. The number of nitrogens with two attached hydrogens (primary N) is 1. The molecule has 0 amide bonds. The van der Waals surface area contributed by atoms with Crippen LogP contribution in [0.3, 0.4) is 0 Å². The van der Waals surface area contributed by atoms with Crippen LogP contribution in [0.4, 0.5) is 11.6 Å². The molecule has 16 heavy (non-hydrogen) atoms. The number of thioether (sulfide) groups is 1. The van der Waals surface area contributed by atoms with Gasteiger partial charge in [-0.05, 0) is 30.7 Å². The molecule has 0 aromatic carbocycles. The van der Waals surface area contributed by atoms with Gasteiger partial charge in [-0.3, -0.25) is 0 Å². The molecule has 1 heterocycles. The normalized spacial score (nSPS) is 24.6. The van der Waals surface area contributed by atoms with Gasteiger partial charge < -0.3 is 11.1 Å². The van der Waals surface area contributed by atoms with Gasteiger partial charge in [0.05, 0.1) is 0 Å². The molecule has 0 saturated heterocycles. The molecule has 0 radical (unpaired) electrons. The summed E-state index contributed by atoms with van der Waals surface area (Å²) in [6, 6.07) is 6.31. The highest BCUT2D eigenvalue weighted by molar-refractivity contribution is 7.99. The Morgan fingerprint density at radius 3 is 3.12 bits per heavy atom. The lowest BCUT2D eigenvalue weighted by Gasteiger charge is -2.20. The number of anilines is 2. The number of aromatic nitrogens is 1. The van der Waals surface area contributed by atoms with E-state index >= 15 is 0 Å². The van der Waals surface area contributed by atoms with E-state index in [1.54, 1.807) is 0 Å². The fraction of sp³-hybridized carbons (Fsp3) is 0.583. The molecule has 1 aromatic rings. The first-order chi connectivity index (χ1) is 7.79. The van der Waals surface area contributed by atoms with Crippen molar-refractivity contribution in [3.8, 4) is 0 Å². The van der Waals surface area contributed by atoms with Crippen LogP contribution in [-0.4, -0.2) is 22.0 Å². The smallest absolute Gasteiger partial charge is 0.128 e. The maximum atomic E-state index is 5.67. The molecule has 0 spiro atoms. The van der Waals surface area contributed by atoms with Crippen molar-refractivity contribution in [2.75, 3.05) is 16.8 Å². The van der Waals surface area contributed by atoms with E-state index < -0.39 is 0 Å². The highest BCUT2D eigenvalue weighted by atomic mass is 32.2. The van der Waals surface area contributed by atoms with Crippen LogP contribution in [0.15, 0.2) is 18.2 Å². The quantitative estimate of drug-likeness (QED) is 0.845. The van der Waals surface area contributed by atoms with Crippen LogP contribution in [-0.2, 0) is 0 Å². The Bertz CT molecular complexity index is 343. The van der Waals surface area contributed by atoms with Crippen molar-refractivity contribution in [3.05, 3.63) is 18.2 Å². The van der Waals surface area contributed by atoms with Crippen LogP contribution in [0.5, 0.6) is 0 Å². The van der Waals surface area contributed by atoms with Gasteiger partial charge in [0.25, 0.3) is 0 Å². The Morgan fingerprint density at radius 1 is 1.50 bits per heavy atom. The first-order valence-electron chi connectivity index (χ1n) is 5.90. The standard InChI is InChI=1S/C12H19N3S/c1-2-16-10-6-3-5-9(10)14-12-8-4-7-11(13)15-12/h4,7-10H,2-3,5-6H2,1H3,(H3,13,14,15). The molecule has 1 aliphatic rings. The zero-order valence-electron chi connectivity index (χ0n) is 9.65. The Morgan fingerprint density at radius 2 is 2.38 bits per heavy atom. The van der Waals surface area contributed by atoms with Gasteiger partial charge in [0.15, 0.2) is 0 Å². The molecular formula is C12H19N3S. The van der Waals surface area contributed by atoms with E-state index in [0.717, 1.165) is 11.1 Å². The minimum Gasteiger partial charge on any atom is -0.384 e. The highest BCUT2D eigenvalue weighted by Gasteiger charge is 2.27. The van der Waals surface area contributed by atoms with Gasteiger partial charge in [0.2, 0.25) is 0 Å². The van der Waals surface area contributed by atoms with Crippen LogP contribution >= 0.6 is 11.8 Å². The predicted molar refractivity (Wildman–Crippen MR) is 71.8 cm³/mol. The highest BCUT2D eigenvalue weighted by Crippen LogP contribution is 2.31. The summed E-state index contributed by atoms with van der Waals surface area (Å²) in [5, 5.41) is 4.23. The first kappa shape index (κ1) is 11.6. The van der Waals surface area contributed by atoms with Gasteiger partial charge in [-0.25, -0.2) is 4.98 Å². The van der Waals surface area contributed by atoms with Crippen molar-refractivity contribution in [1.82, 2.24) is 4.98 Å². The van der Waals surface area contributed by atoms with Gasteiger partial charge in [0, 0.05) is 11.3 Å². The van der Waals surface area contributed by atoms with E-state index in [4.69, 9.17) is 5.73 Å². The molecular weight excluding hydrogens is 218 g/mol. The molecule has 1 saturated carbocycles. The van der Waals surface area contributed by atoms with Crippen LogP contribution in [0.25, 0.3) is 0 Å². The van der Waals surface area contributed by atoms with Crippen LogP contribution in [0, 0.1) is 0 Å². The van der Waals surface area contributed by atoms with Crippen LogP contribution < -0.4 is 11.1 Å². The van der Waals surface area contributed by atoms with Gasteiger partial charge in [-0.15, -0.1) is 0 Å². The topological polar surface area (TPSA) is 50.9 Å². The van der Waals surface area contributed by atoms with Crippen molar-refractivity contribution in [3.63, 3.8) is 0 Å². The Labute approximate surface area is 101 Å². The third kappa shape index (κ3) is 2.82. The van der Waals surface area contributed by atoms with Crippen molar-refractivity contribution in [2.45, 2.75) is 37.5 Å². The van der Waals surface area contributed by atoms with Crippen molar-refractivity contribution in [2.24, 2.45) is 0 Å². The SMILES string of the molecule is CCSC1CCCC1Nc1cccc(N)n1. The molecule has 1 aliphatic carbocycles. The number of nitrogen functional groups attached to an aromatic ring is 1. The number of hydrogen-bond acceptors (Lipinski definition) is 4. The summed E-state index contributed by atoms with van der Waals surface area (Å²) in [5.74, 6) is 2.68. The summed E-state index contributed by atoms with van der Waals surface area (Å²) in [7, 11) is 0. The second-order valence-electron chi connectivity index (χ2n) is 4.12. The van der Waals surface area contributed by atoms with Gasteiger partial charge >= 0.3 is 0 Å². The number of hydrogen-bond donors (Lipinski definition) is 2. The van der Waals surface area contributed by atoms with Crippen molar-refractivity contribution < 1.29 is 0 Å². The monoisotopic (exact) mass is 237 g/mol. The van der Waals surface area contributed by atoms with E-state index in [1.165, 1.54) is 25.0 Å². The molecule has 88 valence electrons. The minimum atomic E-state index is 0.555. The molecule has 0 bridgehead atoms. The second-order valence-corrected chi connectivity index (χ2v) is 5.64. The minimum absolute atomic E-state index is 0.555. The molecule has 1 aromatic heterocycles. The fourth-order valence-electron chi connectivity index (χ4n) is 2.23. The lowest BCUT2D eigenvalue weighted by Crippen LogP contribution is -2.26. The second kappa shape index (κ2) is 5.43. The average Bonchev–Trinajstić information content (AvgIpc) is 2.66. The third-order valence-electron chi connectivity index (χ3n) is 2.94. The van der Waals surface area contributed by atoms with Gasteiger partial charge in [0.1, 0.15) is 11.6 Å². The van der Waals surface area contributed by atoms with Crippen molar-refractivity contribution in [1.29, 1.82) is 0 Å². The lowest BCUT2D eigenvalue weighted by atomic mass is 10.2. The molecule has 1 fully saturated rings. The third-order valence-corrected chi connectivity index (χ3v) is 4.26.